The Hall–Kier alpha value is -7.11. The summed E-state index contributed by atoms with van der Waals surface area (Å²) in [5.41, 5.74) is 8.90. The van der Waals surface area contributed by atoms with Crippen molar-refractivity contribution in [1.82, 2.24) is 29.4 Å². The Bertz CT molecular complexity index is 4910. The van der Waals surface area contributed by atoms with Gasteiger partial charge >= 0.3 is 29.8 Å². The van der Waals surface area contributed by atoms with Gasteiger partial charge in [-0.15, -0.1) is 0 Å². The predicted molar refractivity (Wildman–Crippen MR) is 510 cm³/mol. The number of rotatable bonds is 17. The number of Topliss-reactive ketones (excluding diaryl/α,β-unsaturated/α-hetero) is 3. The highest BCUT2D eigenvalue weighted by atomic mass is 35.5. The van der Waals surface area contributed by atoms with Gasteiger partial charge < -0.3 is 33.5 Å². The monoisotopic (exact) mass is 1870 g/mol. The molecule has 6 aromatic carbocycles. The maximum Gasteiger partial charge on any atom is 0.317 e. The molecule has 0 aliphatic carbocycles. The largest absolute Gasteiger partial charge is 0.469 e. The second-order valence-electron chi connectivity index (χ2n) is 39.8. The van der Waals surface area contributed by atoms with Crippen LogP contribution in [-0.2, 0) is 62.0 Å². The number of halogens is 5. The first-order chi connectivity index (χ1) is 62.6. The van der Waals surface area contributed by atoms with E-state index in [1.165, 1.54) is 103 Å². The molecule has 14 saturated heterocycles. The molecule has 14 aliphatic rings. The molecule has 6 aromatic rings. The number of hydrogen-bond acceptors (Lipinski definition) is 19. The molecule has 0 amide bonds. The van der Waals surface area contributed by atoms with Crippen molar-refractivity contribution in [2.24, 2.45) is 47.3 Å². The van der Waals surface area contributed by atoms with Gasteiger partial charge in [0.15, 0.2) is 5.78 Å². The molecule has 27 unspecified atom stereocenters. The topological polar surface area (TPSA) is 202 Å². The zero-order chi connectivity index (χ0) is 92.2. The minimum absolute atomic E-state index is 0.0680. The molecule has 20 rings (SSSR count). The van der Waals surface area contributed by atoms with Crippen LogP contribution in [0.3, 0.4) is 0 Å². The molecule has 19 nitrogen and oxygen atoms in total. The van der Waals surface area contributed by atoms with Gasteiger partial charge in [0.25, 0.3) is 0 Å². The number of nitrogens with zero attached hydrogens (tertiary/aromatic N) is 6. The number of ether oxygens (including phenoxy) is 5. The first-order valence-corrected chi connectivity index (χ1v) is 49.7. The second-order valence-corrected chi connectivity index (χ2v) is 42.0. The molecule has 700 valence electrons. The Labute approximate surface area is 794 Å². The highest BCUT2D eigenvalue weighted by Crippen LogP contribution is 2.56. The van der Waals surface area contributed by atoms with Crippen LogP contribution in [-0.4, -0.2) is 225 Å². The standard InChI is InChI=1S/C19H24ClNO4.C18H20ClNO3.C18H22ClNO3.C18H25NO2.C17H24ClN.C16H18ClNO/c1-24-17(22)9-10-21-14-7-8-16(21)18(19(23)25-2)15(11-14)12-3-5-13(20)6-4-12;1-23-18(22)14-9-20-12-6-7-15(20)16(17(14)21)13(8-12)10-2-4-11(19)5-3-10;1-11(21)10-20-14-7-8-16(20)17(18(22)23-2)15(9-14)12-3-5-13(19)6-4-12;1-12-4-6-13(7-5-12)15-10-14-8-9-17(19(14)2)16(15)11-18(20)21-3;1-11(2)17-15(12-4-6-13(18)7-5-12)10-14-8-9-16(17)19(14)3;17-11-3-1-10(2-4-11)13-9-12-5-6-14-16(13)15(19)7-8-18(12)14/h3-6,14-16,18H,7-11H2,1-2H3;2-5,12-16H,6-9H2,1H3;3-6,14-17H,7-10H2,1-2H3;4-7,14-17H,8-11H2,1-3H3;4-7,11,14-17H,8-10H2,1-3H3;1-4,12-14,16H,5-9H2. The third-order valence-electron chi connectivity index (χ3n) is 33.1. The van der Waals surface area contributed by atoms with E-state index in [9.17, 15) is 38.4 Å². The molecule has 0 saturated carbocycles. The van der Waals surface area contributed by atoms with E-state index in [-0.39, 0.29) is 101 Å². The summed E-state index contributed by atoms with van der Waals surface area (Å²) in [5, 5.41) is 3.72. The van der Waals surface area contributed by atoms with Crippen molar-refractivity contribution in [2.75, 3.05) is 75.8 Å². The first kappa shape index (κ1) is 97.4. The fourth-order valence-corrected chi connectivity index (χ4v) is 27.7. The van der Waals surface area contributed by atoms with Crippen LogP contribution >= 0.6 is 58.0 Å². The lowest BCUT2D eigenvalue weighted by molar-refractivity contribution is -0.158. The first-order valence-electron chi connectivity index (χ1n) is 47.8. The van der Waals surface area contributed by atoms with Crippen molar-refractivity contribution in [3.8, 4) is 0 Å². The van der Waals surface area contributed by atoms with Crippen molar-refractivity contribution >= 4 is 105 Å². The van der Waals surface area contributed by atoms with E-state index in [0.717, 1.165) is 134 Å². The van der Waals surface area contributed by atoms with Gasteiger partial charge in [-0.1, -0.05) is 162 Å². The minimum atomic E-state index is -0.628. The van der Waals surface area contributed by atoms with E-state index >= 15 is 0 Å². The fraction of sp³-hybridized carbons (Fsp3) is 0.585. The zero-order valence-electron chi connectivity index (χ0n) is 77.4. The zero-order valence-corrected chi connectivity index (χ0v) is 81.2. The summed E-state index contributed by atoms with van der Waals surface area (Å²) in [7, 11) is 11.7. The molecular weight excluding hydrogens is 1740 g/mol. The van der Waals surface area contributed by atoms with Crippen molar-refractivity contribution in [1.29, 1.82) is 0 Å². The number of ketones is 3. The van der Waals surface area contributed by atoms with E-state index in [1.54, 1.807) is 6.92 Å². The second kappa shape index (κ2) is 43.3. The molecule has 0 aromatic heterocycles. The highest BCUT2D eigenvalue weighted by Gasteiger charge is 2.59. The molecule has 14 aliphatic heterocycles. The van der Waals surface area contributed by atoms with Crippen LogP contribution in [0.1, 0.15) is 230 Å². The van der Waals surface area contributed by atoms with Gasteiger partial charge in [0, 0.05) is 147 Å². The summed E-state index contributed by atoms with van der Waals surface area (Å²) < 4.78 is 24.8. The third-order valence-corrected chi connectivity index (χ3v) is 34.4. The van der Waals surface area contributed by atoms with Crippen LogP contribution < -0.4 is 0 Å². The van der Waals surface area contributed by atoms with Crippen molar-refractivity contribution in [2.45, 2.75) is 271 Å². The van der Waals surface area contributed by atoms with E-state index in [0.29, 0.717) is 119 Å². The fourth-order valence-electron chi connectivity index (χ4n) is 27.1. The summed E-state index contributed by atoms with van der Waals surface area (Å²) >= 11 is 30.0. The average molecular weight is 1880 g/mol. The van der Waals surface area contributed by atoms with E-state index in [1.807, 2.05) is 84.9 Å². The Morgan fingerprint density at radius 1 is 0.392 bits per heavy atom. The minimum Gasteiger partial charge on any atom is -0.469 e. The number of fused-ring (bicyclic) bond motifs is 8. The average Bonchev–Trinajstić information content (AvgIpc) is 1.62. The Balaban J connectivity index is 0.000000120. The number of carbonyl (C=O) groups excluding carboxylic acids is 8. The molecular formula is C106H133Cl5N6O13. The molecule has 0 radical (unpaired) electrons. The Kier molecular flexibility index (Phi) is 32.4. The lowest BCUT2D eigenvalue weighted by Crippen LogP contribution is -2.60. The molecule has 27 atom stereocenters. The maximum absolute atomic E-state index is 13.0. The lowest BCUT2D eigenvalue weighted by Gasteiger charge is -2.49. The van der Waals surface area contributed by atoms with Crippen LogP contribution in [0.25, 0.3) is 0 Å². The summed E-state index contributed by atoms with van der Waals surface area (Å²) in [4.78, 5) is 112. The van der Waals surface area contributed by atoms with Crippen LogP contribution in [0.4, 0.5) is 0 Å². The molecule has 0 N–H and O–H groups in total. The SMILES string of the molecule is CC(C)C1C(c2ccc(Cl)cc2)CC2CCC1N2C.COC(=O)C1C(c2ccc(Cl)cc2)CC2CCC1N2CC(C)=O.COC(=O)C1CN2C3CCC2C(C1=O)C(c1ccc(Cl)cc1)C3.COC(=O)CC1C(c2ccc(C)cc2)CC2CCC1N2C.COC(=O)CCN1C2CCC1C(C(=O)OC)C(c1ccc(Cl)cc1)C2.O=C1CCN2C3CCC2C1C(c1ccc(Cl)cc1)C3. The van der Waals surface area contributed by atoms with Gasteiger partial charge in [-0.05, 0) is 279 Å². The number of hydrogen-bond donors (Lipinski definition) is 0. The summed E-state index contributed by atoms with van der Waals surface area (Å²) in [6.07, 6.45) is 21.9. The number of benzene rings is 6. The lowest BCUT2D eigenvalue weighted by atomic mass is 9.68. The van der Waals surface area contributed by atoms with Gasteiger partial charge in [0.05, 0.1) is 66.8 Å². The quantitative estimate of drug-likeness (QED) is 0.0473. The molecule has 0 spiro atoms. The van der Waals surface area contributed by atoms with Crippen LogP contribution in [0.5, 0.6) is 0 Å². The van der Waals surface area contributed by atoms with E-state index in [2.05, 4.69) is 125 Å². The number of methoxy groups -OCH3 is 5. The molecule has 14 fully saturated rings. The number of piperidine rings is 8. The smallest absolute Gasteiger partial charge is 0.317 e. The van der Waals surface area contributed by atoms with Gasteiger partial charge in [0.1, 0.15) is 17.5 Å². The van der Waals surface area contributed by atoms with Crippen molar-refractivity contribution < 1.29 is 62.0 Å². The van der Waals surface area contributed by atoms with Gasteiger partial charge in [0.2, 0.25) is 0 Å². The normalized spacial score (nSPS) is 33.9. The van der Waals surface area contributed by atoms with Crippen molar-refractivity contribution in [3.05, 3.63) is 210 Å². The van der Waals surface area contributed by atoms with Crippen LogP contribution in [0.2, 0.25) is 25.1 Å². The van der Waals surface area contributed by atoms with Gasteiger partial charge in [-0.2, -0.15) is 0 Å². The third kappa shape index (κ3) is 21.1. The highest BCUT2D eigenvalue weighted by molar-refractivity contribution is 6.31. The Morgan fingerprint density at radius 3 is 1.24 bits per heavy atom. The summed E-state index contributed by atoms with van der Waals surface area (Å²) in [6.45, 7) is 11.1. The van der Waals surface area contributed by atoms with Crippen molar-refractivity contribution in [3.63, 3.8) is 0 Å². The van der Waals surface area contributed by atoms with Gasteiger partial charge in [-0.25, -0.2) is 0 Å². The summed E-state index contributed by atoms with van der Waals surface area (Å²) in [6, 6.07) is 54.6. The number of aryl methyl sites for hydroxylation is 1. The molecule has 24 heteroatoms. The van der Waals surface area contributed by atoms with Gasteiger partial charge in [-0.3, -0.25) is 58.0 Å². The maximum atomic E-state index is 13.0. The molecule has 130 heavy (non-hydrogen) atoms. The Morgan fingerprint density at radius 2 is 0.762 bits per heavy atom. The summed E-state index contributed by atoms with van der Waals surface area (Å²) in [5.74, 6) is 2.68. The molecule has 16 bridgehead atoms. The van der Waals surface area contributed by atoms with E-state index < -0.39 is 5.92 Å². The van der Waals surface area contributed by atoms with Crippen LogP contribution in [0.15, 0.2) is 146 Å². The predicted octanol–water partition coefficient (Wildman–Crippen LogP) is 19.6. The number of carbonyl (C=O) groups is 8. The van der Waals surface area contributed by atoms with Crippen LogP contribution in [0, 0.1) is 54.3 Å². The number of esters is 5. The van der Waals surface area contributed by atoms with E-state index in [4.69, 9.17) is 81.7 Å². The molecule has 14 heterocycles.